The van der Waals surface area contributed by atoms with Crippen LogP contribution in [0.4, 0.5) is 43.8 Å². The lowest BCUT2D eigenvalue weighted by Gasteiger charge is -2.34. The van der Waals surface area contributed by atoms with Crippen molar-refractivity contribution >= 4 is 63.6 Å². The number of alkyl halides is 6. The second-order valence-corrected chi connectivity index (χ2v) is 14.1. The molecule has 2 amide bonds. The van der Waals surface area contributed by atoms with Gasteiger partial charge >= 0.3 is 12.4 Å². The molecule has 0 bridgehead atoms. The molecule has 9 nitrogen and oxygen atoms in total. The van der Waals surface area contributed by atoms with Gasteiger partial charge in [-0.1, -0.05) is 80.4 Å². The van der Waals surface area contributed by atoms with E-state index in [4.69, 9.17) is 23.2 Å². The Hall–Kier alpha value is -4.24. The molecule has 1 saturated heterocycles. The molecule has 0 saturated carbocycles. The zero-order valence-corrected chi connectivity index (χ0v) is 29.4. The molecule has 0 radical (unpaired) electrons. The molecule has 0 spiro atoms. The fourth-order valence-corrected chi connectivity index (χ4v) is 6.18. The Morgan fingerprint density at radius 2 is 1.61 bits per heavy atom. The van der Waals surface area contributed by atoms with Crippen molar-refractivity contribution in [2.45, 2.75) is 58.6 Å². The van der Waals surface area contributed by atoms with Crippen LogP contribution in [0.3, 0.4) is 0 Å². The lowest BCUT2D eigenvalue weighted by molar-refractivity contribution is -0.179. The number of benzene rings is 2. The summed E-state index contributed by atoms with van der Waals surface area (Å²) < 4.78 is 84.6. The molecule has 1 fully saturated rings. The fraction of sp³-hybridized carbons (Fsp3) is 0.412. The number of carbonyl (C=O) groups is 2. The molecule has 274 valence electrons. The van der Waals surface area contributed by atoms with Crippen LogP contribution in [0.25, 0.3) is 11.2 Å². The normalized spacial score (nSPS) is 15.2. The first-order chi connectivity index (χ1) is 23.8. The van der Waals surface area contributed by atoms with E-state index in [1.165, 1.54) is 45.9 Å². The number of imidazole rings is 1. The Balaban J connectivity index is 1.53. The van der Waals surface area contributed by atoms with Gasteiger partial charge < -0.3 is 20.9 Å². The molecule has 2 aromatic heterocycles. The van der Waals surface area contributed by atoms with Gasteiger partial charge in [0, 0.05) is 32.1 Å². The number of halogens is 8. The monoisotopic (exact) mass is 757 g/mol. The van der Waals surface area contributed by atoms with E-state index in [9.17, 15) is 35.9 Å². The number of rotatable bonds is 8. The maximum atomic E-state index is 14.2. The average molecular weight is 759 g/mol. The van der Waals surface area contributed by atoms with E-state index in [2.05, 4.69) is 25.9 Å². The molecular weight excluding hydrogens is 723 g/mol. The zero-order valence-electron chi connectivity index (χ0n) is 27.9. The van der Waals surface area contributed by atoms with Gasteiger partial charge in [-0.25, -0.2) is 9.97 Å². The van der Waals surface area contributed by atoms with Gasteiger partial charge in [-0.05, 0) is 36.1 Å². The van der Waals surface area contributed by atoms with E-state index in [1.54, 1.807) is 40.0 Å². The summed E-state index contributed by atoms with van der Waals surface area (Å²) in [4.78, 5) is 36.7. The van der Waals surface area contributed by atoms with Gasteiger partial charge in [-0.3, -0.25) is 14.2 Å². The number of hydrogen-bond acceptors (Lipinski definition) is 6. The van der Waals surface area contributed by atoms with E-state index < -0.39 is 35.6 Å². The van der Waals surface area contributed by atoms with Crippen LogP contribution in [0, 0.1) is 11.3 Å². The number of aryl methyl sites for hydroxylation is 1. The molecule has 4 aromatic rings. The molecule has 5 rings (SSSR count). The van der Waals surface area contributed by atoms with Crippen LogP contribution in [0.1, 0.15) is 61.1 Å². The highest BCUT2D eigenvalue weighted by Gasteiger charge is 2.44. The van der Waals surface area contributed by atoms with Crippen molar-refractivity contribution in [3.63, 3.8) is 0 Å². The minimum absolute atomic E-state index is 0.0863. The first kappa shape index (κ1) is 38.0. The summed E-state index contributed by atoms with van der Waals surface area (Å²) in [7, 11) is 1.58. The van der Waals surface area contributed by atoms with Gasteiger partial charge in [-0.15, -0.1) is 0 Å². The highest BCUT2D eigenvalue weighted by molar-refractivity contribution is 6.39. The molecule has 1 aliphatic heterocycles. The second-order valence-electron chi connectivity index (χ2n) is 13.3. The number of amides is 2. The molecule has 17 heteroatoms. The lowest BCUT2D eigenvalue weighted by Crippen LogP contribution is -2.42. The van der Waals surface area contributed by atoms with Crippen LogP contribution >= 0.6 is 23.2 Å². The van der Waals surface area contributed by atoms with Crippen molar-refractivity contribution in [1.29, 1.82) is 0 Å². The minimum Gasteiger partial charge on any atom is -0.356 e. The first-order valence-corrected chi connectivity index (χ1v) is 16.6. The largest absolute Gasteiger partial charge is 0.412 e. The van der Waals surface area contributed by atoms with E-state index in [1.807, 2.05) is 0 Å². The molecule has 3 N–H and O–H groups in total. The number of piperidine rings is 1. The quantitative estimate of drug-likeness (QED) is 0.156. The van der Waals surface area contributed by atoms with E-state index in [0.717, 1.165) is 0 Å². The van der Waals surface area contributed by atoms with Gasteiger partial charge in [0.15, 0.2) is 11.7 Å². The van der Waals surface area contributed by atoms with Crippen molar-refractivity contribution in [2.24, 2.45) is 18.4 Å². The molecule has 2 aromatic carbocycles. The van der Waals surface area contributed by atoms with Crippen LogP contribution in [0.5, 0.6) is 0 Å². The number of hydrogen-bond donors (Lipinski definition) is 3. The molecule has 51 heavy (non-hydrogen) atoms. The SMILES string of the molecule is Cn1c(Nc2c(Cl)ccc(CNC(=O)C(C)(C)C)c2Cl)nc2cc(C(=O)NC(c3ccccc3)C(F)(F)F)c(N3CCC(C(F)(F)F)CC3)nc21. The predicted octanol–water partition coefficient (Wildman–Crippen LogP) is 8.49. The van der Waals surface area contributed by atoms with Crippen molar-refractivity contribution in [2.75, 3.05) is 23.3 Å². The minimum atomic E-state index is -4.87. The highest BCUT2D eigenvalue weighted by Crippen LogP contribution is 2.39. The fourth-order valence-electron chi connectivity index (χ4n) is 5.65. The summed E-state index contributed by atoms with van der Waals surface area (Å²) in [6.45, 7) is 5.11. The molecule has 1 atom stereocenters. The highest BCUT2D eigenvalue weighted by atomic mass is 35.5. The first-order valence-electron chi connectivity index (χ1n) is 15.9. The van der Waals surface area contributed by atoms with Gasteiger partial charge in [0.2, 0.25) is 11.9 Å². The molecule has 0 aliphatic carbocycles. The predicted molar refractivity (Wildman–Crippen MR) is 183 cm³/mol. The Morgan fingerprint density at radius 1 is 0.961 bits per heavy atom. The van der Waals surface area contributed by atoms with Crippen LogP contribution in [-0.4, -0.2) is 51.8 Å². The van der Waals surface area contributed by atoms with E-state index in [-0.39, 0.29) is 88.2 Å². The molecule has 3 heterocycles. The van der Waals surface area contributed by atoms with Gasteiger partial charge in [0.1, 0.15) is 11.3 Å². The third kappa shape index (κ3) is 8.46. The number of carbonyl (C=O) groups excluding carboxylic acids is 2. The third-order valence-electron chi connectivity index (χ3n) is 8.59. The Labute approximate surface area is 299 Å². The number of pyridine rings is 1. The van der Waals surface area contributed by atoms with Gasteiger partial charge in [0.05, 0.1) is 27.2 Å². The van der Waals surface area contributed by atoms with Crippen LogP contribution in [0.2, 0.25) is 10.0 Å². The number of anilines is 3. The summed E-state index contributed by atoms with van der Waals surface area (Å²) in [6.07, 6.45) is -9.87. The summed E-state index contributed by atoms with van der Waals surface area (Å²) in [5.74, 6) is -2.86. The molecule has 1 unspecified atom stereocenters. The number of nitrogens with one attached hydrogen (secondary N) is 3. The molecular formula is C34H35Cl2F6N7O2. The van der Waals surface area contributed by atoms with Crippen LogP contribution < -0.4 is 20.9 Å². The van der Waals surface area contributed by atoms with E-state index >= 15 is 0 Å². The third-order valence-corrected chi connectivity index (χ3v) is 9.34. The van der Waals surface area contributed by atoms with Crippen LogP contribution in [-0.2, 0) is 18.4 Å². The average Bonchev–Trinajstić information content (AvgIpc) is 3.37. The van der Waals surface area contributed by atoms with Crippen molar-refractivity contribution in [3.8, 4) is 0 Å². The summed E-state index contributed by atoms with van der Waals surface area (Å²) in [5, 5.41) is 8.31. The standard InChI is InChI=1S/C34H35Cl2F6N7O2/c1-32(2,3)30(51)43-17-19-10-11-22(35)25(24(19)36)45-31-44-23-16-21(29(50)46-26(34(40,41)42)18-8-6-5-7-9-18)27(47-28(23)48(31)4)49-14-12-20(13-15-49)33(37,38)39/h5-11,16,20,26H,12-15,17H2,1-4H3,(H,43,51)(H,44,45)(H,46,50). The molecule has 1 aliphatic rings. The number of nitrogens with zero attached hydrogens (tertiary/aromatic N) is 4. The topological polar surface area (TPSA) is 104 Å². The smallest absolute Gasteiger partial charge is 0.356 e. The Bertz CT molecular complexity index is 1920. The van der Waals surface area contributed by atoms with Crippen molar-refractivity contribution in [3.05, 3.63) is 75.3 Å². The number of fused-ring (bicyclic) bond motifs is 1. The summed E-state index contributed by atoms with van der Waals surface area (Å²) in [5.41, 5.74) is -0.0881. The van der Waals surface area contributed by atoms with Crippen molar-refractivity contribution in [1.82, 2.24) is 25.2 Å². The maximum Gasteiger partial charge on any atom is 0.412 e. The van der Waals surface area contributed by atoms with E-state index in [0.29, 0.717) is 5.56 Å². The zero-order chi connectivity index (χ0) is 37.5. The summed E-state index contributed by atoms with van der Waals surface area (Å²) in [6, 6.07) is 8.90. The van der Waals surface area contributed by atoms with Gasteiger partial charge in [0.25, 0.3) is 5.91 Å². The Morgan fingerprint density at radius 3 is 2.20 bits per heavy atom. The maximum absolute atomic E-state index is 14.2. The second kappa shape index (κ2) is 14.4. The summed E-state index contributed by atoms with van der Waals surface area (Å²) >= 11 is 13.2. The van der Waals surface area contributed by atoms with Crippen LogP contribution in [0.15, 0.2) is 48.5 Å². The lowest BCUT2D eigenvalue weighted by atomic mass is 9.95. The Kier molecular flexibility index (Phi) is 10.7. The van der Waals surface area contributed by atoms with Crippen molar-refractivity contribution < 1.29 is 35.9 Å². The number of aromatic nitrogens is 3. The van der Waals surface area contributed by atoms with Gasteiger partial charge in [-0.2, -0.15) is 26.3 Å².